The van der Waals surface area contributed by atoms with Gasteiger partial charge in [0.15, 0.2) is 0 Å². The molecule has 0 amide bonds. The lowest BCUT2D eigenvalue weighted by atomic mass is 10.1. The van der Waals surface area contributed by atoms with Crippen molar-refractivity contribution in [3.8, 4) is 0 Å². The fourth-order valence-electron chi connectivity index (χ4n) is 1.66. The minimum absolute atomic E-state index is 0.464. The maximum absolute atomic E-state index is 10.2. The Kier molecular flexibility index (Phi) is 4.73. The minimum atomic E-state index is -0.559. The van der Waals surface area contributed by atoms with Crippen LogP contribution in [0.4, 0.5) is 0 Å². The SMILES string of the molecule is Cc1cc(C(O)Cc2cccc(Cl)c2Cl)sc1Br. The van der Waals surface area contributed by atoms with Crippen molar-refractivity contribution in [1.29, 1.82) is 0 Å². The highest BCUT2D eigenvalue weighted by Gasteiger charge is 2.15. The topological polar surface area (TPSA) is 20.2 Å². The Hall–Kier alpha value is -0.0600. The molecular weight excluding hydrogens is 355 g/mol. The molecular formula is C13H11BrCl2OS. The molecule has 18 heavy (non-hydrogen) atoms. The van der Waals surface area contributed by atoms with Gasteiger partial charge in [-0.1, -0.05) is 35.3 Å². The van der Waals surface area contributed by atoms with Crippen molar-refractivity contribution in [2.45, 2.75) is 19.4 Å². The average molecular weight is 366 g/mol. The zero-order chi connectivity index (χ0) is 13.3. The lowest BCUT2D eigenvalue weighted by molar-refractivity contribution is 0.182. The van der Waals surface area contributed by atoms with E-state index in [1.807, 2.05) is 25.1 Å². The zero-order valence-corrected chi connectivity index (χ0v) is 13.5. The van der Waals surface area contributed by atoms with E-state index in [9.17, 15) is 5.11 Å². The predicted molar refractivity (Wildman–Crippen MR) is 81.9 cm³/mol. The van der Waals surface area contributed by atoms with E-state index in [4.69, 9.17) is 23.2 Å². The molecule has 0 aliphatic carbocycles. The van der Waals surface area contributed by atoms with Crippen LogP contribution in [0.3, 0.4) is 0 Å². The van der Waals surface area contributed by atoms with E-state index in [1.54, 1.807) is 17.4 Å². The highest BCUT2D eigenvalue weighted by Crippen LogP contribution is 2.34. The highest BCUT2D eigenvalue weighted by atomic mass is 79.9. The molecule has 0 saturated heterocycles. The van der Waals surface area contributed by atoms with Gasteiger partial charge in [0.1, 0.15) is 0 Å². The first kappa shape index (κ1) is 14.4. The van der Waals surface area contributed by atoms with Gasteiger partial charge in [-0.3, -0.25) is 0 Å². The third-order valence-electron chi connectivity index (χ3n) is 2.65. The molecule has 0 radical (unpaired) electrons. The normalized spacial score (nSPS) is 12.7. The number of rotatable bonds is 3. The van der Waals surface area contributed by atoms with Gasteiger partial charge in [-0.15, -0.1) is 11.3 Å². The van der Waals surface area contributed by atoms with E-state index in [2.05, 4.69) is 15.9 Å². The standard InChI is InChI=1S/C13H11BrCl2OS/c1-7-5-11(18-13(7)14)10(17)6-8-3-2-4-9(15)12(8)16/h2-5,10,17H,6H2,1H3. The van der Waals surface area contributed by atoms with Crippen molar-refractivity contribution in [2.24, 2.45) is 0 Å². The molecule has 1 nitrogen and oxygen atoms in total. The van der Waals surface area contributed by atoms with Crippen LogP contribution >= 0.6 is 50.5 Å². The summed E-state index contributed by atoms with van der Waals surface area (Å²) in [7, 11) is 0. The van der Waals surface area contributed by atoms with Gasteiger partial charge in [0.2, 0.25) is 0 Å². The summed E-state index contributed by atoms with van der Waals surface area (Å²) in [5.74, 6) is 0. The molecule has 2 rings (SSSR count). The first-order chi connectivity index (χ1) is 8.49. The van der Waals surface area contributed by atoms with Gasteiger partial charge in [0.25, 0.3) is 0 Å². The third-order valence-corrected chi connectivity index (χ3v) is 5.75. The quantitative estimate of drug-likeness (QED) is 0.771. The molecule has 2 aromatic rings. The smallest absolute Gasteiger partial charge is 0.0923 e. The van der Waals surface area contributed by atoms with Crippen LogP contribution in [0, 0.1) is 6.92 Å². The molecule has 0 aliphatic rings. The Morgan fingerprint density at radius 2 is 2.11 bits per heavy atom. The Balaban J connectivity index is 2.21. The van der Waals surface area contributed by atoms with E-state index in [-0.39, 0.29) is 0 Å². The van der Waals surface area contributed by atoms with Crippen molar-refractivity contribution < 1.29 is 5.11 Å². The second kappa shape index (κ2) is 5.93. The van der Waals surface area contributed by atoms with E-state index in [0.717, 1.165) is 19.8 Å². The Bertz CT molecular complexity index is 549. The van der Waals surface area contributed by atoms with Gasteiger partial charge in [0, 0.05) is 11.3 Å². The second-order valence-corrected chi connectivity index (χ2v) is 7.23. The Morgan fingerprint density at radius 1 is 1.39 bits per heavy atom. The first-order valence-corrected chi connectivity index (χ1v) is 7.72. The lowest BCUT2D eigenvalue weighted by Gasteiger charge is -2.10. The molecule has 1 heterocycles. The maximum Gasteiger partial charge on any atom is 0.0923 e. The van der Waals surface area contributed by atoms with Crippen molar-refractivity contribution in [2.75, 3.05) is 0 Å². The zero-order valence-electron chi connectivity index (χ0n) is 9.58. The summed E-state index contributed by atoms with van der Waals surface area (Å²) in [6, 6.07) is 7.45. The maximum atomic E-state index is 10.2. The number of hydrogen-bond acceptors (Lipinski definition) is 2. The predicted octanol–water partition coefficient (Wildman–Crippen LogP) is 5.40. The van der Waals surface area contributed by atoms with Crippen LogP contribution in [0.15, 0.2) is 28.1 Å². The fraction of sp³-hybridized carbons (Fsp3) is 0.231. The van der Waals surface area contributed by atoms with Crippen molar-refractivity contribution in [1.82, 2.24) is 0 Å². The van der Waals surface area contributed by atoms with Crippen molar-refractivity contribution >= 4 is 50.5 Å². The molecule has 96 valence electrons. The third kappa shape index (κ3) is 3.09. The molecule has 0 saturated carbocycles. The van der Waals surface area contributed by atoms with Crippen LogP contribution in [-0.4, -0.2) is 5.11 Å². The largest absolute Gasteiger partial charge is 0.387 e. The second-order valence-electron chi connectivity index (χ2n) is 4.04. The molecule has 1 aromatic carbocycles. The van der Waals surface area contributed by atoms with Gasteiger partial charge in [-0.2, -0.15) is 0 Å². The number of halogens is 3. The van der Waals surface area contributed by atoms with E-state index >= 15 is 0 Å². The lowest BCUT2D eigenvalue weighted by Crippen LogP contribution is -2.00. The molecule has 1 atom stereocenters. The van der Waals surface area contributed by atoms with Gasteiger partial charge in [-0.25, -0.2) is 0 Å². The summed E-state index contributed by atoms with van der Waals surface area (Å²) >= 11 is 17.1. The number of aryl methyl sites for hydroxylation is 1. The molecule has 1 aromatic heterocycles. The first-order valence-electron chi connectivity index (χ1n) is 5.36. The van der Waals surface area contributed by atoms with Crippen LogP contribution in [-0.2, 0) is 6.42 Å². The Labute approximate surface area is 128 Å². The van der Waals surface area contributed by atoms with E-state index < -0.39 is 6.10 Å². The summed E-state index contributed by atoms with van der Waals surface area (Å²) in [5, 5.41) is 11.3. The summed E-state index contributed by atoms with van der Waals surface area (Å²) in [6.07, 6.45) is -0.0952. The molecule has 0 bridgehead atoms. The molecule has 0 fully saturated rings. The van der Waals surface area contributed by atoms with Crippen molar-refractivity contribution in [3.63, 3.8) is 0 Å². The molecule has 1 unspecified atom stereocenters. The van der Waals surface area contributed by atoms with E-state index in [0.29, 0.717) is 16.5 Å². The van der Waals surface area contributed by atoms with Gasteiger partial charge >= 0.3 is 0 Å². The number of thiophene rings is 1. The van der Waals surface area contributed by atoms with Crippen LogP contribution in [0.2, 0.25) is 10.0 Å². The molecule has 0 aliphatic heterocycles. The Morgan fingerprint density at radius 3 is 2.72 bits per heavy atom. The molecule has 5 heteroatoms. The number of hydrogen-bond donors (Lipinski definition) is 1. The number of aliphatic hydroxyl groups excluding tert-OH is 1. The highest BCUT2D eigenvalue weighted by molar-refractivity contribution is 9.11. The molecule has 0 spiro atoms. The monoisotopic (exact) mass is 364 g/mol. The van der Waals surface area contributed by atoms with Crippen LogP contribution < -0.4 is 0 Å². The minimum Gasteiger partial charge on any atom is -0.387 e. The average Bonchev–Trinajstić information content (AvgIpc) is 2.66. The summed E-state index contributed by atoms with van der Waals surface area (Å²) in [4.78, 5) is 0.926. The van der Waals surface area contributed by atoms with E-state index in [1.165, 1.54) is 0 Å². The summed E-state index contributed by atoms with van der Waals surface area (Å²) in [5.41, 5.74) is 1.99. The van der Waals surface area contributed by atoms with Gasteiger partial charge in [-0.05, 0) is 46.1 Å². The fourth-order valence-corrected chi connectivity index (χ4v) is 3.62. The summed E-state index contributed by atoms with van der Waals surface area (Å²) in [6.45, 7) is 2.00. The van der Waals surface area contributed by atoms with Crippen LogP contribution in [0.5, 0.6) is 0 Å². The summed E-state index contributed by atoms with van der Waals surface area (Å²) < 4.78 is 1.05. The van der Waals surface area contributed by atoms with Gasteiger partial charge < -0.3 is 5.11 Å². The number of benzene rings is 1. The number of aliphatic hydroxyl groups is 1. The van der Waals surface area contributed by atoms with Gasteiger partial charge in [0.05, 0.1) is 19.9 Å². The molecule has 1 N–H and O–H groups in total. The van der Waals surface area contributed by atoms with Crippen molar-refractivity contribution in [3.05, 3.63) is 54.1 Å². The van der Waals surface area contributed by atoms with Crippen LogP contribution in [0.25, 0.3) is 0 Å². The van der Waals surface area contributed by atoms with Crippen LogP contribution in [0.1, 0.15) is 22.1 Å².